The Balaban J connectivity index is 2.56. The zero-order chi connectivity index (χ0) is 15.0. The zero-order valence-electron chi connectivity index (χ0n) is 11.5. The Labute approximate surface area is 117 Å². The van der Waals surface area contributed by atoms with Crippen molar-refractivity contribution in [3.63, 3.8) is 0 Å². The number of carbonyl (C=O) groups is 2. The molecule has 6 nitrogen and oxygen atoms in total. The van der Waals surface area contributed by atoms with Gasteiger partial charge in [-0.1, -0.05) is 25.8 Å². The lowest BCUT2D eigenvalue weighted by molar-refractivity contribution is -0.139. The van der Waals surface area contributed by atoms with E-state index in [0.717, 1.165) is 12.8 Å². The van der Waals surface area contributed by atoms with Crippen LogP contribution >= 0.6 is 0 Å². The van der Waals surface area contributed by atoms with Crippen molar-refractivity contribution in [3.8, 4) is 5.75 Å². The topological polar surface area (TPSA) is 102 Å². The van der Waals surface area contributed by atoms with Gasteiger partial charge in [0.15, 0.2) is 6.61 Å². The van der Waals surface area contributed by atoms with E-state index in [9.17, 15) is 9.59 Å². The van der Waals surface area contributed by atoms with Gasteiger partial charge in [0.2, 0.25) is 5.91 Å². The number of nitrogens with two attached hydrogens (primary N) is 1. The number of carbonyl (C=O) groups excluding carboxylic acids is 1. The maximum atomic E-state index is 11.8. The van der Waals surface area contributed by atoms with E-state index in [1.54, 1.807) is 24.3 Å². The van der Waals surface area contributed by atoms with Gasteiger partial charge in [-0.15, -0.1) is 0 Å². The van der Waals surface area contributed by atoms with Gasteiger partial charge >= 0.3 is 5.97 Å². The second kappa shape index (κ2) is 8.16. The number of amides is 1. The smallest absolute Gasteiger partial charge is 0.341 e. The van der Waals surface area contributed by atoms with E-state index in [1.165, 1.54) is 0 Å². The molecule has 20 heavy (non-hydrogen) atoms. The molecule has 0 aliphatic carbocycles. The van der Waals surface area contributed by atoms with Gasteiger partial charge in [-0.2, -0.15) is 0 Å². The molecule has 0 heterocycles. The predicted molar refractivity (Wildman–Crippen MR) is 75.7 cm³/mol. The zero-order valence-corrected chi connectivity index (χ0v) is 11.5. The lowest BCUT2D eigenvalue weighted by Gasteiger charge is -2.12. The molecule has 0 radical (unpaired) electrons. The minimum absolute atomic E-state index is 0.256. The molecule has 1 amide bonds. The van der Waals surface area contributed by atoms with Gasteiger partial charge in [0.25, 0.3) is 0 Å². The summed E-state index contributed by atoms with van der Waals surface area (Å²) in [6.45, 7) is 1.61. The van der Waals surface area contributed by atoms with Gasteiger partial charge in [-0.05, 0) is 18.6 Å². The standard InChI is InChI=1S/C14H20N2O4/c1-2-3-7-12(15)14(19)16-10-5-4-6-11(8-10)20-9-13(17)18/h4-6,8,12H,2-3,7,9,15H2,1H3,(H,16,19)(H,17,18)/t12-/m0/s1. The molecule has 0 unspecified atom stereocenters. The molecular formula is C14H20N2O4. The molecule has 1 rings (SSSR count). The number of benzene rings is 1. The highest BCUT2D eigenvalue weighted by Crippen LogP contribution is 2.17. The van der Waals surface area contributed by atoms with E-state index in [0.29, 0.717) is 17.9 Å². The average Bonchev–Trinajstić information content (AvgIpc) is 2.42. The summed E-state index contributed by atoms with van der Waals surface area (Å²) >= 11 is 0. The molecule has 110 valence electrons. The molecule has 0 spiro atoms. The summed E-state index contributed by atoms with van der Waals surface area (Å²) in [5, 5.41) is 11.2. The third-order valence-corrected chi connectivity index (χ3v) is 2.67. The van der Waals surface area contributed by atoms with Crippen LogP contribution in [-0.2, 0) is 9.59 Å². The lowest BCUT2D eigenvalue weighted by Crippen LogP contribution is -2.35. The molecule has 6 heteroatoms. The first-order valence-electron chi connectivity index (χ1n) is 6.54. The molecule has 0 bridgehead atoms. The lowest BCUT2D eigenvalue weighted by atomic mass is 10.1. The van der Waals surface area contributed by atoms with Gasteiger partial charge in [-0.25, -0.2) is 4.79 Å². The van der Waals surface area contributed by atoms with E-state index >= 15 is 0 Å². The highest BCUT2D eigenvalue weighted by atomic mass is 16.5. The Kier molecular flexibility index (Phi) is 6.52. The quantitative estimate of drug-likeness (QED) is 0.671. The van der Waals surface area contributed by atoms with Crippen LogP contribution in [-0.4, -0.2) is 29.6 Å². The SMILES string of the molecule is CCCC[C@H](N)C(=O)Nc1cccc(OCC(=O)O)c1. The molecule has 4 N–H and O–H groups in total. The predicted octanol–water partition coefficient (Wildman–Crippen LogP) is 1.61. The fourth-order valence-electron chi connectivity index (χ4n) is 1.60. The van der Waals surface area contributed by atoms with Crippen LogP contribution < -0.4 is 15.8 Å². The Bertz CT molecular complexity index is 462. The summed E-state index contributed by atoms with van der Waals surface area (Å²) in [4.78, 5) is 22.2. The molecule has 1 aromatic rings. The molecule has 0 aromatic heterocycles. The maximum Gasteiger partial charge on any atom is 0.341 e. The summed E-state index contributed by atoms with van der Waals surface area (Å²) in [6, 6.07) is 6.00. The average molecular weight is 280 g/mol. The number of carboxylic acids is 1. The fourth-order valence-corrected chi connectivity index (χ4v) is 1.60. The maximum absolute atomic E-state index is 11.8. The molecule has 1 aromatic carbocycles. The second-order valence-electron chi connectivity index (χ2n) is 4.45. The van der Waals surface area contributed by atoms with Crippen LogP contribution in [0.15, 0.2) is 24.3 Å². The van der Waals surface area contributed by atoms with Crippen molar-refractivity contribution in [1.29, 1.82) is 0 Å². The van der Waals surface area contributed by atoms with Crippen LogP contribution in [0.4, 0.5) is 5.69 Å². The number of rotatable bonds is 8. The molecule has 0 saturated carbocycles. The van der Waals surface area contributed by atoms with Crippen molar-refractivity contribution in [3.05, 3.63) is 24.3 Å². The molecule has 0 fully saturated rings. The summed E-state index contributed by atoms with van der Waals surface area (Å²) in [6.07, 6.45) is 2.52. The van der Waals surface area contributed by atoms with Crippen molar-refractivity contribution < 1.29 is 19.4 Å². The number of unbranched alkanes of at least 4 members (excludes halogenated alkanes) is 1. The number of ether oxygens (including phenoxy) is 1. The van der Waals surface area contributed by atoms with Crippen molar-refractivity contribution in [1.82, 2.24) is 0 Å². The number of anilines is 1. The van der Waals surface area contributed by atoms with Crippen LogP contribution in [0.25, 0.3) is 0 Å². The van der Waals surface area contributed by atoms with Crippen LogP contribution in [0.5, 0.6) is 5.75 Å². The minimum Gasteiger partial charge on any atom is -0.482 e. The first-order chi connectivity index (χ1) is 9.52. The van der Waals surface area contributed by atoms with E-state index < -0.39 is 18.6 Å². The van der Waals surface area contributed by atoms with Crippen LogP contribution in [0.1, 0.15) is 26.2 Å². The summed E-state index contributed by atoms with van der Waals surface area (Å²) < 4.78 is 5.03. The van der Waals surface area contributed by atoms with Gasteiger partial charge in [0.1, 0.15) is 5.75 Å². The van der Waals surface area contributed by atoms with Gasteiger partial charge in [-0.3, -0.25) is 4.79 Å². The van der Waals surface area contributed by atoms with Crippen molar-refractivity contribution in [2.45, 2.75) is 32.2 Å². The first-order valence-corrected chi connectivity index (χ1v) is 6.54. The number of nitrogens with one attached hydrogen (secondary N) is 1. The van der Waals surface area contributed by atoms with E-state index in [-0.39, 0.29) is 5.91 Å². The van der Waals surface area contributed by atoms with Crippen molar-refractivity contribution in [2.24, 2.45) is 5.73 Å². The number of hydrogen-bond acceptors (Lipinski definition) is 4. The van der Waals surface area contributed by atoms with Gasteiger partial charge in [0.05, 0.1) is 6.04 Å². The number of aliphatic carboxylic acids is 1. The molecular weight excluding hydrogens is 260 g/mol. The second-order valence-corrected chi connectivity index (χ2v) is 4.45. The highest BCUT2D eigenvalue weighted by Gasteiger charge is 2.13. The van der Waals surface area contributed by atoms with Crippen LogP contribution in [0.2, 0.25) is 0 Å². The molecule has 0 aliphatic heterocycles. The third kappa shape index (κ3) is 5.71. The van der Waals surface area contributed by atoms with Crippen LogP contribution in [0.3, 0.4) is 0 Å². The number of carboxylic acid groups (broad SMARTS) is 1. The van der Waals surface area contributed by atoms with E-state index in [2.05, 4.69) is 5.32 Å². The van der Waals surface area contributed by atoms with E-state index in [4.69, 9.17) is 15.6 Å². The summed E-state index contributed by atoms with van der Waals surface area (Å²) in [5.41, 5.74) is 6.30. The van der Waals surface area contributed by atoms with Crippen molar-refractivity contribution >= 4 is 17.6 Å². The van der Waals surface area contributed by atoms with Crippen molar-refractivity contribution in [2.75, 3.05) is 11.9 Å². The largest absolute Gasteiger partial charge is 0.482 e. The van der Waals surface area contributed by atoms with E-state index in [1.807, 2.05) is 6.92 Å². The normalized spacial score (nSPS) is 11.7. The van der Waals surface area contributed by atoms with Gasteiger partial charge in [0, 0.05) is 11.8 Å². The summed E-state index contributed by atoms with van der Waals surface area (Å²) in [5.74, 6) is -0.929. The molecule has 1 atom stereocenters. The molecule has 0 saturated heterocycles. The fraction of sp³-hybridized carbons (Fsp3) is 0.429. The van der Waals surface area contributed by atoms with Crippen LogP contribution in [0, 0.1) is 0 Å². The van der Waals surface area contributed by atoms with Gasteiger partial charge < -0.3 is 20.9 Å². The molecule has 0 aliphatic rings. The minimum atomic E-state index is -1.05. The first kappa shape index (κ1) is 16.0. The third-order valence-electron chi connectivity index (χ3n) is 2.67. The number of hydrogen-bond donors (Lipinski definition) is 3. The Morgan fingerprint density at radius 3 is 2.85 bits per heavy atom. The monoisotopic (exact) mass is 280 g/mol. The highest BCUT2D eigenvalue weighted by molar-refractivity contribution is 5.94. The Hall–Kier alpha value is -2.08. The Morgan fingerprint density at radius 1 is 1.45 bits per heavy atom. The summed E-state index contributed by atoms with van der Waals surface area (Å²) in [7, 11) is 0. The Morgan fingerprint density at radius 2 is 2.20 bits per heavy atom.